The Morgan fingerprint density at radius 3 is 2.54 bits per heavy atom. The smallest absolute Gasteiger partial charge is 0.358 e. The number of benzene rings is 2. The van der Waals surface area contributed by atoms with Crippen molar-refractivity contribution in [3.63, 3.8) is 0 Å². The molecule has 0 spiro atoms. The van der Waals surface area contributed by atoms with E-state index in [9.17, 15) is 14.9 Å². The van der Waals surface area contributed by atoms with Crippen molar-refractivity contribution in [2.45, 2.75) is 6.54 Å². The third kappa shape index (κ3) is 4.36. The van der Waals surface area contributed by atoms with Crippen LogP contribution in [0.15, 0.2) is 63.7 Å². The summed E-state index contributed by atoms with van der Waals surface area (Å²) in [5, 5.41) is 17.6. The molecule has 0 atom stereocenters. The number of carbonyl (C=O) groups is 1. The minimum Gasteiger partial charge on any atom is -0.358 e. The van der Waals surface area contributed by atoms with E-state index in [-0.39, 0.29) is 11.7 Å². The molecule has 0 saturated heterocycles. The van der Waals surface area contributed by atoms with Gasteiger partial charge in [0.1, 0.15) is 4.47 Å². The molecule has 0 fully saturated rings. The quantitative estimate of drug-likeness (QED) is 0.427. The van der Waals surface area contributed by atoms with E-state index >= 15 is 0 Å². The first-order chi connectivity index (χ1) is 12.4. The largest absolute Gasteiger partial charge is 0.404 e. The molecule has 0 bridgehead atoms. The van der Waals surface area contributed by atoms with Crippen LogP contribution in [0.5, 0.6) is 0 Å². The lowest BCUT2D eigenvalue weighted by Crippen LogP contribution is -2.12. The Balaban J connectivity index is 1.69. The van der Waals surface area contributed by atoms with E-state index < -0.39 is 4.92 Å². The van der Waals surface area contributed by atoms with Crippen molar-refractivity contribution < 1.29 is 9.72 Å². The summed E-state index contributed by atoms with van der Waals surface area (Å²) in [5.41, 5.74) is 2.08. The minimum absolute atomic E-state index is 0.216. The number of hydrogen-bond donors (Lipinski definition) is 1. The molecular weight excluding hydrogens is 468 g/mol. The second-order valence-corrected chi connectivity index (χ2v) is 7.19. The Kier molecular flexibility index (Phi) is 5.48. The molecule has 132 valence electrons. The number of halogens is 2. The monoisotopic (exact) mass is 478 g/mol. The lowest BCUT2D eigenvalue weighted by Gasteiger charge is -2.06. The zero-order valence-electron chi connectivity index (χ0n) is 13.2. The lowest BCUT2D eigenvalue weighted by atomic mass is 10.1. The van der Waals surface area contributed by atoms with Crippen LogP contribution in [-0.4, -0.2) is 20.6 Å². The number of nitrogens with zero attached hydrogens (tertiary/aromatic N) is 3. The second-order valence-electron chi connectivity index (χ2n) is 5.42. The molecule has 0 unspecified atom stereocenters. The van der Waals surface area contributed by atoms with Crippen LogP contribution in [0.2, 0.25) is 0 Å². The van der Waals surface area contributed by atoms with Gasteiger partial charge in [-0.3, -0.25) is 4.79 Å². The van der Waals surface area contributed by atoms with Gasteiger partial charge in [-0.25, -0.2) is 0 Å². The molecule has 2 aromatic carbocycles. The van der Waals surface area contributed by atoms with Crippen molar-refractivity contribution in [1.82, 2.24) is 9.78 Å². The molecule has 0 aliphatic rings. The van der Waals surface area contributed by atoms with Crippen molar-refractivity contribution >= 4 is 49.3 Å². The van der Waals surface area contributed by atoms with Gasteiger partial charge in [0, 0.05) is 15.7 Å². The van der Waals surface area contributed by atoms with Crippen LogP contribution >= 0.6 is 31.9 Å². The van der Waals surface area contributed by atoms with Gasteiger partial charge in [-0.15, -0.1) is 0 Å². The van der Waals surface area contributed by atoms with E-state index in [1.807, 2.05) is 18.2 Å². The minimum atomic E-state index is -0.546. The average Bonchev–Trinajstić information content (AvgIpc) is 2.96. The van der Waals surface area contributed by atoms with E-state index in [0.717, 1.165) is 10.0 Å². The highest BCUT2D eigenvalue weighted by atomic mass is 79.9. The van der Waals surface area contributed by atoms with Crippen LogP contribution in [0.3, 0.4) is 0 Å². The van der Waals surface area contributed by atoms with Gasteiger partial charge in [-0.2, -0.15) is 4.68 Å². The third-order valence-electron chi connectivity index (χ3n) is 3.52. The maximum atomic E-state index is 12.3. The molecule has 3 rings (SSSR count). The number of anilines is 1. The highest BCUT2D eigenvalue weighted by Crippen LogP contribution is 2.22. The first kappa shape index (κ1) is 18.3. The zero-order valence-corrected chi connectivity index (χ0v) is 16.4. The predicted octanol–water partition coefficient (Wildman–Crippen LogP) is 4.62. The molecule has 0 aliphatic heterocycles. The molecular formula is C17H12Br2N4O3. The Labute approximate surface area is 165 Å². The van der Waals surface area contributed by atoms with E-state index in [4.69, 9.17) is 0 Å². The van der Waals surface area contributed by atoms with Gasteiger partial charge in [0.2, 0.25) is 0 Å². The highest BCUT2D eigenvalue weighted by Gasteiger charge is 2.18. The maximum Gasteiger partial charge on any atom is 0.404 e. The molecule has 9 heteroatoms. The van der Waals surface area contributed by atoms with E-state index in [0.29, 0.717) is 22.3 Å². The number of nitro groups is 1. The number of carbonyl (C=O) groups excluding carboxylic acids is 1. The third-order valence-corrected chi connectivity index (χ3v) is 4.57. The summed E-state index contributed by atoms with van der Waals surface area (Å²) >= 11 is 6.48. The molecule has 3 aromatic rings. The Morgan fingerprint density at radius 2 is 1.92 bits per heavy atom. The summed E-state index contributed by atoms with van der Waals surface area (Å²) < 4.78 is 2.68. The Bertz CT molecular complexity index is 970. The SMILES string of the molecule is O=C(Nc1cccc(Br)c1)c1ccc(Cn2cc(Br)c([N+](=O)[O-])n2)cc1. The average molecular weight is 480 g/mol. The van der Waals surface area contributed by atoms with Crippen molar-refractivity contribution in [2.75, 3.05) is 5.32 Å². The van der Waals surface area contributed by atoms with Gasteiger partial charge >= 0.3 is 5.82 Å². The molecule has 1 aromatic heterocycles. The number of nitrogens with one attached hydrogen (secondary N) is 1. The second kappa shape index (κ2) is 7.79. The highest BCUT2D eigenvalue weighted by molar-refractivity contribution is 9.10. The van der Waals surface area contributed by atoms with Gasteiger partial charge in [0.05, 0.1) is 17.8 Å². The van der Waals surface area contributed by atoms with Crippen molar-refractivity contribution in [2.24, 2.45) is 0 Å². The van der Waals surface area contributed by atoms with Gasteiger partial charge in [-0.05, 0) is 56.7 Å². The van der Waals surface area contributed by atoms with Crippen molar-refractivity contribution in [3.05, 3.63) is 84.9 Å². The van der Waals surface area contributed by atoms with Crippen LogP contribution < -0.4 is 5.32 Å². The van der Waals surface area contributed by atoms with E-state index in [2.05, 4.69) is 42.3 Å². The molecule has 1 heterocycles. The lowest BCUT2D eigenvalue weighted by molar-refractivity contribution is -0.390. The molecule has 1 N–H and O–H groups in total. The molecule has 26 heavy (non-hydrogen) atoms. The standard InChI is InChI=1S/C17H12Br2N4O3/c18-13-2-1-3-14(8-13)20-17(24)12-6-4-11(5-7-12)9-22-10-15(19)16(21-22)23(25)26/h1-8,10H,9H2,(H,20,24). The number of amides is 1. The van der Waals surface area contributed by atoms with Crippen LogP contribution in [0.25, 0.3) is 0 Å². The molecule has 7 nitrogen and oxygen atoms in total. The van der Waals surface area contributed by atoms with Gasteiger partial charge in [-0.1, -0.05) is 34.1 Å². The molecule has 0 aliphatic carbocycles. The summed E-state index contributed by atoms with van der Waals surface area (Å²) in [6.07, 6.45) is 1.55. The summed E-state index contributed by atoms with van der Waals surface area (Å²) in [6.45, 7) is 0.361. The summed E-state index contributed by atoms with van der Waals surface area (Å²) in [7, 11) is 0. The van der Waals surface area contributed by atoms with Crippen molar-refractivity contribution in [3.8, 4) is 0 Å². The number of aromatic nitrogens is 2. The molecule has 0 radical (unpaired) electrons. The van der Waals surface area contributed by atoms with E-state index in [1.165, 1.54) is 4.68 Å². The summed E-state index contributed by atoms with van der Waals surface area (Å²) in [4.78, 5) is 22.6. The van der Waals surface area contributed by atoms with Crippen molar-refractivity contribution in [1.29, 1.82) is 0 Å². The Morgan fingerprint density at radius 1 is 1.19 bits per heavy atom. The fourth-order valence-electron chi connectivity index (χ4n) is 2.31. The van der Waals surface area contributed by atoms with Crippen LogP contribution in [-0.2, 0) is 6.54 Å². The first-order valence-electron chi connectivity index (χ1n) is 7.45. The number of hydrogen-bond acceptors (Lipinski definition) is 4. The van der Waals surface area contributed by atoms with Crippen LogP contribution in [0.4, 0.5) is 11.5 Å². The summed E-state index contributed by atoms with van der Waals surface area (Å²) in [6, 6.07) is 14.3. The normalized spacial score (nSPS) is 10.5. The predicted molar refractivity (Wildman–Crippen MR) is 104 cm³/mol. The van der Waals surface area contributed by atoms with E-state index in [1.54, 1.807) is 36.5 Å². The first-order valence-corrected chi connectivity index (χ1v) is 9.04. The maximum absolute atomic E-state index is 12.3. The Hall–Kier alpha value is -2.52. The zero-order chi connectivity index (χ0) is 18.7. The van der Waals surface area contributed by atoms with Gasteiger partial charge in [0.25, 0.3) is 5.91 Å². The summed E-state index contributed by atoms with van der Waals surface area (Å²) in [5.74, 6) is -0.442. The topological polar surface area (TPSA) is 90.1 Å². The number of rotatable bonds is 5. The van der Waals surface area contributed by atoms with Crippen LogP contribution in [0, 0.1) is 10.1 Å². The van der Waals surface area contributed by atoms with Crippen LogP contribution in [0.1, 0.15) is 15.9 Å². The fraction of sp³-hybridized carbons (Fsp3) is 0.0588. The fourth-order valence-corrected chi connectivity index (χ4v) is 3.17. The molecule has 0 saturated carbocycles. The molecule has 1 amide bonds. The van der Waals surface area contributed by atoms with Gasteiger partial charge in [0.15, 0.2) is 0 Å². The van der Waals surface area contributed by atoms with Gasteiger partial charge < -0.3 is 15.4 Å².